The normalized spacial score (nSPS) is 16.2. The van der Waals surface area contributed by atoms with Gasteiger partial charge in [-0.25, -0.2) is 0 Å². The Bertz CT molecular complexity index is 951. The van der Waals surface area contributed by atoms with Gasteiger partial charge in [-0.05, 0) is 45.6 Å². The zero-order valence-corrected chi connectivity index (χ0v) is 17.2. The molecule has 2 N–H and O–H groups in total. The molecule has 0 aliphatic carbocycles. The van der Waals surface area contributed by atoms with Crippen LogP contribution in [0.4, 0.5) is 0 Å². The highest BCUT2D eigenvalue weighted by Crippen LogP contribution is 2.45. The van der Waals surface area contributed by atoms with Gasteiger partial charge in [0, 0.05) is 11.6 Å². The van der Waals surface area contributed by atoms with Gasteiger partial charge in [0.05, 0.1) is 6.42 Å². The molecule has 0 saturated carbocycles. The average molecular weight is 392 g/mol. The van der Waals surface area contributed by atoms with Crippen molar-refractivity contribution in [1.29, 1.82) is 0 Å². The number of phenolic OH excluding ortho intramolecular Hbond substituents is 2. The Balaban J connectivity index is 1.90. The van der Waals surface area contributed by atoms with Crippen molar-refractivity contribution in [2.24, 2.45) is 0 Å². The molecule has 2 aromatic carbocycles. The van der Waals surface area contributed by atoms with E-state index in [0.717, 1.165) is 18.4 Å². The number of carbonyl (C=O) groups excluding carboxylic acids is 1. The van der Waals surface area contributed by atoms with Gasteiger partial charge in [0.1, 0.15) is 28.9 Å². The molecule has 4 nitrogen and oxygen atoms in total. The summed E-state index contributed by atoms with van der Waals surface area (Å²) < 4.78 is 6.15. The molecule has 2 aromatic rings. The van der Waals surface area contributed by atoms with E-state index in [-0.39, 0.29) is 29.3 Å². The Kier molecular flexibility index (Phi) is 6.42. The van der Waals surface area contributed by atoms with Crippen LogP contribution in [0.25, 0.3) is 0 Å². The van der Waals surface area contributed by atoms with Crippen LogP contribution in [0.2, 0.25) is 0 Å². The first-order valence-corrected chi connectivity index (χ1v) is 9.98. The second kappa shape index (κ2) is 8.99. The molecule has 0 saturated heterocycles. The number of hydrogen-bond acceptors (Lipinski definition) is 4. The van der Waals surface area contributed by atoms with Gasteiger partial charge in [-0.3, -0.25) is 4.79 Å². The number of ether oxygens (including phenoxy) is 1. The molecule has 29 heavy (non-hydrogen) atoms. The number of carbonyl (C=O) groups is 1. The first kappa shape index (κ1) is 20.7. The molecule has 152 valence electrons. The molecule has 0 bridgehead atoms. The number of fused-ring (bicyclic) bond motifs is 1. The lowest BCUT2D eigenvalue weighted by Crippen LogP contribution is -2.21. The minimum atomic E-state index is -0.432. The summed E-state index contributed by atoms with van der Waals surface area (Å²) in [6.45, 7) is 6.22. The fourth-order valence-electron chi connectivity index (χ4n) is 3.54. The monoisotopic (exact) mass is 392 g/mol. The van der Waals surface area contributed by atoms with Crippen LogP contribution >= 0.6 is 0 Å². The highest BCUT2D eigenvalue weighted by Gasteiger charge is 2.33. The quantitative estimate of drug-likeness (QED) is 0.588. The van der Waals surface area contributed by atoms with Gasteiger partial charge in [0.15, 0.2) is 5.78 Å². The summed E-state index contributed by atoms with van der Waals surface area (Å²) in [6, 6.07) is 10.8. The summed E-state index contributed by atoms with van der Waals surface area (Å²) in [4.78, 5) is 12.8. The third kappa shape index (κ3) is 4.89. The summed E-state index contributed by atoms with van der Waals surface area (Å²) in [5, 5.41) is 20.7. The maximum absolute atomic E-state index is 12.8. The molecular formula is C25H28O4. The van der Waals surface area contributed by atoms with E-state index in [2.05, 4.69) is 26.8 Å². The summed E-state index contributed by atoms with van der Waals surface area (Å²) in [5.74, 6) is -0.179. The van der Waals surface area contributed by atoms with E-state index >= 15 is 0 Å². The molecule has 1 atom stereocenters. The van der Waals surface area contributed by atoms with E-state index in [4.69, 9.17) is 4.74 Å². The predicted molar refractivity (Wildman–Crippen MR) is 115 cm³/mol. The molecule has 1 aliphatic rings. The lowest BCUT2D eigenvalue weighted by molar-refractivity contribution is 0.0842. The highest BCUT2D eigenvalue weighted by molar-refractivity contribution is 6.03. The van der Waals surface area contributed by atoms with E-state index in [1.807, 2.05) is 36.4 Å². The number of allylic oxidation sites excluding steroid dienone is 4. The molecule has 0 fully saturated rings. The van der Waals surface area contributed by atoms with Crippen LogP contribution in [0, 0.1) is 0 Å². The first-order chi connectivity index (χ1) is 13.9. The number of benzene rings is 2. The van der Waals surface area contributed by atoms with Crippen molar-refractivity contribution < 1.29 is 19.7 Å². The molecular weight excluding hydrogens is 364 g/mol. The highest BCUT2D eigenvalue weighted by atomic mass is 16.5. The van der Waals surface area contributed by atoms with Crippen molar-refractivity contribution in [2.75, 3.05) is 0 Å². The summed E-state index contributed by atoms with van der Waals surface area (Å²) in [6.07, 6.45) is 6.30. The van der Waals surface area contributed by atoms with Crippen molar-refractivity contribution in [2.45, 2.75) is 52.6 Å². The molecule has 0 amide bonds. The van der Waals surface area contributed by atoms with Crippen LogP contribution in [0.3, 0.4) is 0 Å². The summed E-state index contributed by atoms with van der Waals surface area (Å²) >= 11 is 0. The number of aromatic hydroxyl groups is 2. The topological polar surface area (TPSA) is 66.8 Å². The van der Waals surface area contributed by atoms with E-state index in [1.54, 1.807) is 0 Å². The number of ketones is 1. The van der Waals surface area contributed by atoms with Crippen molar-refractivity contribution in [3.05, 3.63) is 76.4 Å². The second-order valence-electron chi connectivity index (χ2n) is 7.82. The Morgan fingerprint density at radius 1 is 1.10 bits per heavy atom. The number of phenols is 2. The molecule has 1 heterocycles. The molecule has 3 rings (SSSR count). The van der Waals surface area contributed by atoms with Crippen LogP contribution in [0.1, 0.15) is 67.6 Å². The van der Waals surface area contributed by atoms with Crippen LogP contribution < -0.4 is 4.74 Å². The molecule has 0 radical (unpaired) electrons. The van der Waals surface area contributed by atoms with Crippen LogP contribution in [-0.4, -0.2) is 16.0 Å². The lowest BCUT2D eigenvalue weighted by Gasteiger charge is -2.28. The predicted octanol–water partition coefficient (Wildman–Crippen LogP) is 6.04. The molecule has 0 unspecified atom stereocenters. The zero-order valence-electron chi connectivity index (χ0n) is 17.2. The Hall–Kier alpha value is -3.01. The Morgan fingerprint density at radius 3 is 2.52 bits per heavy atom. The van der Waals surface area contributed by atoms with Crippen LogP contribution in [0.5, 0.6) is 17.2 Å². The molecule has 0 aromatic heterocycles. The number of Topliss-reactive ketones (excluding diaryl/α,β-unsaturated/α-hetero) is 1. The van der Waals surface area contributed by atoms with Gasteiger partial charge in [-0.2, -0.15) is 0 Å². The van der Waals surface area contributed by atoms with Crippen LogP contribution in [0.15, 0.2) is 59.7 Å². The molecule has 4 heteroatoms. The van der Waals surface area contributed by atoms with E-state index < -0.39 is 6.10 Å². The largest absolute Gasteiger partial charge is 0.507 e. The minimum absolute atomic E-state index is 0.0592. The molecule has 1 aliphatic heterocycles. The van der Waals surface area contributed by atoms with Gasteiger partial charge in [0.25, 0.3) is 0 Å². The third-order valence-corrected chi connectivity index (χ3v) is 5.17. The smallest absolute Gasteiger partial charge is 0.174 e. The Morgan fingerprint density at radius 2 is 1.83 bits per heavy atom. The first-order valence-electron chi connectivity index (χ1n) is 9.98. The van der Waals surface area contributed by atoms with Gasteiger partial charge < -0.3 is 14.9 Å². The maximum Gasteiger partial charge on any atom is 0.174 e. The standard InChI is InChI=1S/C25H28O4/c1-16(2)8-7-9-17(3)12-13-19-20(26)14-21(27)24-22(28)15-23(29-25(19)24)18-10-5-4-6-11-18/h4-6,8,10-12,14,23,26-27H,7,9,13,15H2,1-3H3/b17-12+/t23-/m0/s1. The maximum atomic E-state index is 12.8. The minimum Gasteiger partial charge on any atom is -0.507 e. The zero-order chi connectivity index (χ0) is 21.0. The summed E-state index contributed by atoms with van der Waals surface area (Å²) in [5.41, 5.74) is 4.09. The third-order valence-electron chi connectivity index (χ3n) is 5.17. The van der Waals surface area contributed by atoms with E-state index in [1.165, 1.54) is 17.2 Å². The molecule has 0 spiro atoms. The summed E-state index contributed by atoms with van der Waals surface area (Å²) in [7, 11) is 0. The van der Waals surface area contributed by atoms with Gasteiger partial charge in [-0.15, -0.1) is 0 Å². The average Bonchev–Trinajstić information content (AvgIpc) is 2.67. The van der Waals surface area contributed by atoms with E-state index in [0.29, 0.717) is 17.7 Å². The van der Waals surface area contributed by atoms with Crippen molar-refractivity contribution in [1.82, 2.24) is 0 Å². The van der Waals surface area contributed by atoms with Gasteiger partial charge in [0.2, 0.25) is 0 Å². The van der Waals surface area contributed by atoms with Crippen molar-refractivity contribution in [3.8, 4) is 17.2 Å². The van der Waals surface area contributed by atoms with Gasteiger partial charge >= 0.3 is 0 Å². The Labute approximate surface area is 172 Å². The fourth-order valence-corrected chi connectivity index (χ4v) is 3.54. The van der Waals surface area contributed by atoms with Crippen molar-refractivity contribution >= 4 is 5.78 Å². The van der Waals surface area contributed by atoms with Crippen LogP contribution in [-0.2, 0) is 6.42 Å². The SMILES string of the molecule is CC(C)=CCC/C(C)=C/Cc1c(O)cc(O)c2c1O[C@H](c1ccccc1)CC2=O. The van der Waals surface area contributed by atoms with Crippen molar-refractivity contribution in [3.63, 3.8) is 0 Å². The lowest BCUT2D eigenvalue weighted by atomic mass is 9.92. The van der Waals surface area contributed by atoms with Gasteiger partial charge in [-0.1, -0.05) is 53.6 Å². The second-order valence-corrected chi connectivity index (χ2v) is 7.82. The van der Waals surface area contributed by atoms with E-state index in [9.17, 15) is 15.0 Å². The fraction of sp³-hybridized carbons (Fsp3) is 0.320. The number of rotatable bonds is 6. The number of hydrogen-bond donors (Lipinski definition) is 2.